The normalized spacial score (nSPS) is 21.5. The summed E-state index contributed by atoms with van der Waals surface area (Å²) in [4.78, 5) is 0. The topological polar surface area (TPSA) is 60.9 Å². The Balaban J connectivity index is 2.05. The van der Waals surface area contributed by atoms with E-state index >= 15 is 0 Å². The predicted octanol–water partition coefficient (Wildman–Crippen LogP) is 3.13. The van der Waals surface area contributed by atoms with Crippen LogP contribution in [0.3, 0.4) is 0 Å². The largest absolute Gasteiger partial charge is 0.619 e. The molecule has 0 spiro atoms. The highest BCUT2D eigenvalue weighted by Gasteiger charge is 2.37. The van der Waals surface area contributed by atoms with E-state index in [-0.39, 0.29) is 17.5 Å². The van der Waals surface area contributed by atoms with Gasteiger partial charge in [0.05, 0.1) is 0 Å². The Morgan fingerprint density at radius 3 is 2.84 bits per heavy atom. The Kier molecular flexibility index (Phi) is 2.69. The van der Waals surface area contributed by atoms with Crippen molar-refractivity contribution in [1.82, 2.24) is 14.8 Å². The lowest BCUT2D eigenvalue weighted by molar-refractivity contribution is 0.150. The number of hydrogen-bond donors (Lipinski definition) is 1. The van der Waals surface area contributed by atoms with Gasteiger partial charge in [-0.15, -0.1) is 5.10 Å². The molecular weight excluding hydrogens is 281 g/mol. The van der Waals surface area contributed by atoms with Gasteiger partial charge in [-0.25, -0.2) is 17.8 Å². The first-order valence-electron chi connectivity index (χ1n) is 5.26. The molecule has 1 atom stereocenters. The smallest absolute Gasteiger partial charge is 0.313 e. The van der Waals surface area contributed by atoms with Crippen LogP contribution in [0.1, 0.15) is 11.4 Å². The van der Waals surface area contributed by atoms with Gasteiger partial charge in [-0.1, -0.05) is 5.10 Å². The average molecular weight is 288 g/mol. The summed E-state index contributed by atoms with van der Waals surface area (Å²) in [5, 5.41) is 21.6. The van der Waals surface area contributed by atoms with Gasteiger partial charge in [0.1, 0.15) is 11.5 Å². The maximum absolute atomic E-state index is 13.1. The predicted molar refractivity (Wildman–Crippen MR) is 64.6 cm³/mol. The lowest BCUT2D eigenvalue weighted by Crippen LogP contribution is -2.36. The van der Waals surface area contributed by atoms with Crippen LogP contribution in [0.15, 0.2) is 18.2 Å². The molecule has 0 bridgehead atoms. The summed E-state index contributed by atoms with van der Waals surface area (Å²) in [7, 11) is 0. The van der Waals surface area contributed by atoms with Gasteiger partial charge < -0.3 is 10.5 Å². The first-order chi connectivity index (χ1) is 9.00. The highest BCUT2D eigenvalue weighted by atomic mass is 32.1. The van der Waals surface area contributed by atoms with Crippen LogP contribution in [0.4, 0.5) is 29.7 Å². The molecular formula is C10H7F3N4OS. The van der Waals surface area contributed by atoms with Crippen LogP contribution in [0, 0.1) is 11.0 Å². The first-order valence-corrected chi connectivity index (χ1v) is 6.07. The number of anilines is 1. The van der Waals surface area contributed by atoms with E-state index in [0.717, 1.165) is 6.07 Å². The average Bonchev–Trinajstić information content (AvgIpc) is 2.96. The van der Waals surface area contributed by atoms with Crippen molar-refractivity contribution in [3.63, 3.8) is 0 Å². The van der Waals surface area contributed by atoms with Crippen molar-refractivity contribution in [2.45, 2.75) is 6.43 Å². The molecule has 1 aromatic carbocycles. The fourth-order valence-corrected chi connectivity index (χ4v) is 2.63. The highest BCUT2D eigenvalue weighted by molar-refractivity contribution is 7.15. The summed E-state index contributed by atoms with van der Waals surface area (Å²) >= 11 is 0.559. The number of alkyl halides is 2. The Labute approximate surface area is 109 Å². The van der Waals surface area contributed by atoms with E-state index in [1.54, 1.807) is 0 Å². The minimum absolute atomic E-state index is 0.104. The summed E-state index contributed by atoms with van der Waals surface area (Å²) < 4.78 is 36.9. The van der Waals surface area contributed by atoms with E-state index in [1.165, 1.54) is 12.1 Å². The van der Waals surface area contributed by atoms with Gasteiger partial charge in [0.25, 0.3) is 6.43 Å². The number of nitrogens with one attached hydrogen (secondary N) is 1. The van der Waals surface area contributed by atoms with Crippen LogP contribution in [0.25, 0.3) is 0 Å². The number of quaternary nitrogens is 1. The summed E-state index contributed by atoms with van der Waals surface area (Å²) in [6.07, 6.45) is -2.76. The molecule has 0 fully saturated rings. The van der Waals surface area contributed by atoms with Gasteiger partial charge in [0.2, 0.25) is 0 Å². The van der Waals surface area contributed by atoms with Crippen LogP contribution in [-0.4, -0.2) is 16.9 Å². The van der Waals surface area contributed by atoms with Crippen LogP contribution in [0.2, 0.25) is 0 Å². The fourth-order valence-electron chi connectivity index (χ4n) is 1.88. The molecule has 1 aromatic heterocycles. The van der Waals surface area contributed by atoms with Crippen molar-refractivity contribution < 1.29 is 13.2 Å². The van der Waals surface area contributed by atoms with E-state index in [4.69, 9.17) is 0 Å². The minimum atomic E-state index is -2.76. The lowest BCUT2D eigenvalue weighted by atomic mass is 10.2. The second-order valence-electron chi connectivity index (χ2n) is 3.96. The molecule has 5 nitrogen and oxygen atoms in total. The third kappa shape index (κ3) is 1.86. The van der Waals surface area contributed by atoms with E-state index in [2.05, 4.69) is 15.5 Å². The molecule has 0 saturated heterocycles. The molecule has 1 N–H and O–H groups in total. The zero-order valence-electron chi connectivity index (χ0n) is 9.31. The minimum Gasteiger partial charge on any atom is -0.619 e. The third-order valence-corrected chi connectivity index (χ3v) is 3.79. The molecule has 1 unspecified atom stereocenters. The van der Waals surface area contributed by atoms with E-state index < -0.39 is 21.9 Å². The second kappa shape index (κ2) is 4.15. The molecule has 3 rings (SSSR count). The number of hydroxylamine groups is 1. The first kappa shape index (κ1) is 12.3. The van der Waals surface area contributed by atoms with Gasteiger partial charge >= 0.3 is 5.13 Å². The Morgan fingerprint density at radius 1 is 1.37 bits per heavy atom. The van der Waals surface area contributed by atoms with Gasteiger partial charge in [-0.05, 0) is 17.4 Å². The Bertz CT molecular complexity index is 635. The van der Waals surface area contributed by atoms with Crippen molar-refractivity contribution in [1.29, 1.82) is 0 Å². The van der Waals surface area contributed by atoms with Gasteiger partial charge in [0.15, 0.2) is 17.4 Å². The molecule has 0 aliphatic carbocycles. The Hall–Kier alpha value is -1.71. The fraction of sp³-hybridized carbons (Fsp3) is 0.200. The van der Waals surface area contributed by atoms with Crippen LogP contribution < -0.4 is 9.96 Å². The molecule has 1 aliphatic heterocycles. The van der Waals surface area contributed by atoms with E-state index in [1.807, 2.05) is 0 Å². The van der Waals surface area contributed by atoms with Crippen molar-refractivity contribution in [2.24, 2.45) is 0 Å². The van der Waals surface area contributed by atoms with Gasteiger partial charge in [0, 0.05) is 12.1 Å². The van der Waals surface area contributed by atoms with Crippen LogP contribution in [0.5, 0.6) is 0 Å². The molecule has 1 aliphatic rings. The van der Waals surface area contributed by atoms with Gasteiger partial charge in [-0.3, -0.25) is 0 Å². The second-order valence-corrected chi connectivity index (χ2v) is 4.95. The number of halogens is 3. The highest BCUT2D eigenvalue weighted by Crippen LogP contribution is 2.45. The van der Waals surface area contributed by atoms with Crippen molar-refractivity contribution in [3.8, 4) is 0 Å². The number of benzene rings is 1. The molecule has 2 aromatic rings. The maximum Gasteiger partial charge on any atom is 0.313 e. The number of aromatic nitrogens is 2. The molecule has 19 heavy (non-hydrogen) atoms. The monoisotopic (exact) mass is 288 g/mol. The number of fused-ring (bicyclic) bond motifs is 1. The maximum atomic E-state index is 13.1. The van der Waals surface area contributed by atoms with E-state index in [0.29, 0.717) is 17.0 Å². The quantitative estimate of drug-likeness (QED) is 0.681. The molecule has 100 valence electrons. The van der Waals surface area contributed by atoms with E-state index in [9.17, 15) is 18.4 Å². The van der Waals surface area contributed by atoms with Crippen LogP contribution >= 0.6 is 11.3 Å². The molecule has 2 heterocycles. The number of hydrogen-bond acceptors (Lipinski definition) is 5. The number of rotatable bonds is 2. The standard InChI is InChI=1S/C10H7F3N4OS/c11-5-1-2-7-6(3-5)14-4-17(7,18)10-16-15-9(19-10)8(12)13/h1-3,8,14H,4H2. The molecule has 0 saturated carbocycles. The summed E-state index contributed by atoms with van der Waals surface area (Å²) in [5.74, 6) is -0.481. The zero-order valence-corrected chi connectivity index (χ0v) is 10.1. The zero-order chi connectivity index (χ0) is 13.6. The summed E-state index contributed by atoms with van der Waals surface area (Å²) in [6, 6.07) is 3.65. The van der Waals surface area contributed by atoms with Crippen molar-refractivity contribution in [2.75, 3.05) is 12.0 Å². The SMILES string of the molecule is [O-][N+]1(c2nnc(C(F)F)s2)CNc2cc(F)ccc21. The summed E-state index contributed by atoms with van der Waals surface area (Å²) in [6.45, 7) is -0.128. The molecule has 0 amide bonds. The van der Waals surface area contributed by atoms with Crippen molar-refractivity contribution in [3.05, 3.63) is 34.2 Å². The summed E-state index contributed by atoms with van der Waals surface area (Å²) in [5.41, 5.74) is 0.571. The van der Waals surface area contributed by atoms with Crippen LogP contribution in [-0.2, 0) is 0 Å². The Morgan fingerprint density at radius 2 is 2.16 bits per heavy atom. The molecule has 9 heteroatoms. The molecule has 0 radical (unpaired) electrons. The third-order valence-electron chi connectivity index (χ3n) is 2.77. The van der Waals surface area contributed by atoms with Gasteiger partial charge in [-0.2, -0.15) is 0 Å². The lowest BCUT2D eigenvalue weighted by Gasteiger charge is -2.32. The van der Waals surface area contributed by atoms with Crippen molar-refractivity contribution >= 4 is 27.8 Å². The number of nitrogens with zero attached hydrogens (tertiary/aromatic N) is 3.